The summed E-state index contributed by atoms with van der Waals surface area (Å²) in [6.45, 7) is 4.11. The zero-order valence-corrected chi connectivity index (χ0v) is 16.7. The lowest BCUT2D eigenvalue weighted by Crippen LogP contribution is -2.48. The predicted octanol–water partition coefficient (Wildman–Crippen LogP) is 4.73. The lowest BCUT2D eigenvalue weighted by molar-refractivity contribution is -0.00616. The molecule has 4 saturated carbocycles. The van der Waals surface area contributed by atoms with E-state index in [-0.39, 0.29) is 5.41 Å². The lowest BCUT2D eigenvalue weighted by Gasteiger charge is -2.57. The van der Waals surface area contributed by atoms with Crippen molar-refractivity contribution in [3.63, 3.8) is 0 Å². The Kier molecular flexibility index (Phi) is 4.54. The van der Waals surface area contributed by atoms with Gasteiger partial charge in [-0.05, 0) is 99.6 Å². The molecule has 6 rings (SSSR count). The molecule has 146 valence electrons. The standard InChI is InChI=1S/C24H34N2O/c1-16-6-20(14-25-15-21-4-2-3-5-26-21)23(27)22(7-16)24-11-17-8-18(12-24)10-19(9-17)13-24/h6-7,14,17-19,21,26-27H,2-5,8-13,15H2,1H3. The van der Waals surface area contributed by atoms with Crippen LogP contribution < -0.4 is 5.32 Å². The molecule has 1 unspecified atom stereocenters. The molecule has 27 heavy (non-hydrogen) atoms. The van der Waals surface area contributed by atoms with E-state index in [0.717, 1.165) is 36.4 Å². The van der Waals surface area contributed by atoms with Gasteiger partial charge in [-0.2, -0.15) is 0 Å². The van der Waals surface area contributed by atoms with Gasteiger partial charge in [0, 0.05) is 23.4 Å². The smallest absolute Gasteiger partial charge is 0.128 e. The first-order valence-electron chi connectivity index (χ1n) is 11.2. The SMILES string of the molecule is Cc1cc(C=NCC2CCCCN2)c(O)c(C23CC4CC(CC(C4)C2)C3)c1. The zero-order valence-electron chi connectivity index (χ0n) is 16.7. The summed E-state index contributed by atoms with van der Waals surface area (Å²) in [6, 6.07) is 4.89. The first kappa shape index (κ1) is 17.7. The summed E-state index contributed by atoms with van der Waals surface area (Å²) in [4.78, 5) is 4.71. The van der Waals surface area contributed by atoms with Crippen LogP contribution in [-0.2, 0) is 5.41 Å². The van der Waals surface area contributed by atoms with Crippen LogP contribution in [0.5, 0.6) is 5.75 Å². The minimum absolute atomic E-state index is 0.234. The Morgan fingerprint density at radius 1 is 1.11 bits per heavy atom. The van der Waals surface area contributed by atoms with Crippen molar-refractivity contribution >= 4 is 6.21 Å². The van der Waals surface area contributed by atoms with Crippen LogP contribution in [0.1, 0.15) is 74.5 Å². The quantitative estimate of drug-likeness (QED) is 0.757. The van der Waals surface area contributed by atoms with Gasteiger partial charge in [0.25, 0.3) is 0 Å². The Morgan fingerprint density at radius 3 is 2.44 bits per heavy atom. The van der Waals surface area contributed by atoms with Crippen LogP contribution in [0.15, 0.2) is 17.1 Å². The van der Waals surface area contributed by atoms with Gasteiger partial charge in [-0.3, -0.25) is 4.99 Å². The molecule has 4 bridgehead atoms. The van der Waals surface area contributed by atoms with Crippen molar-refractivity contribution in [2.45, 2.75) is 76.2 Å². The molecule has 5 aliphatic rings. The van der Waals surface area contributed by atoms with Gasteiger partial charge in [-0.1, -0.05) is 12.5 Å². The summed E-state index contributed by atoms with van der Waals surface area (Å²) in [6.07, 6.45) is 13.9. The number of hydrogen-bond donors (Lipinski definition) is 2. The topological polar surface area (TPSA) is 44.6 Å². The van der Waals surface area contributed by atoms with Crippen molar-refractivity contribution < 1.29 is 5.11 Å². The van der Waals surface area contributed by atoms with Gasteiger partial charge in [-0.25, -0.2) is 0 Å². The Labute approximate surface area is 163 Å². The third kappa shape index (κ3) is 3.33. The second kappa shape index (κ2) is 6.92. The summed E-state index contributed by atoms with van der Waals surface area (Å²) in [5.74, 6) is 3.20. The molecule has 5 fully saturated rings. The van der Waals surface area contributed by atoms with Crippen LogP contribution in [0.25, 0.3) is 0 Å². The summed E-state index contributed by atoms with van der Waals surface area (Å²) >= 11 is 0. The lowest BCUT2D eigenvalue weighted by atomic mass is 9.48. The molecule has 3 heteroatoms. The molecule has 2 N–H and O–H groups in total. The maximum absolute atomic E-state index is 11.2. The molecule has 1 aliphatic heterocycles. The highest BCUT2D eigenvalue weighted by atomic mass is 16.3. The average molecular weight is 367 g/mol. The second-order valence-electron chi connectivity index (χ2n) is 10.1. The highest BCUT2D eigenvalue weighted by Crippen LogP contribution is 2.62. The van der Waals surface area contributed by atoms with E-state index in [0.29, 0.717) is 11.8 Å². The number of phenols is 1. The van der Waals surface area contributed by atoms with Crippen LogP contribution in [0, 0.1) is 24.7 Å². The normalized spacial score (nSPS) is 38.0. The highest BCUT2D eigenvalue weighted by Gasteiger charge is 2.52. The van der Waals surface area contributed by atoms with E-state index in [1.54, 1.807) is 0 Å². The Bertz CT molecular complexity index is 697. The molecule has 1 aromatic carbocycles. The van der Waals surface area contributed by atoms with Crippen molar-refractivity contribution in [1.82, 2.24) is 5.32 Å². The Morgan fingerprint density at radius 2 is 1.81 bits per heavy atom. The number of aliphatic imine (C=N–C) groups is 1. The maximum Gasteiger partial charge on any atom is 0.128 e. The molecular formula is C24H34N2O. The molecule has 1 saturated heterocycles. The molecule has 1 atom stereocenters. The number of nitrogens with zero attached hydrogens (tertiary/aromatic N) is 1. The zero-order chi connectivity index (χ0) is 18.4. The average Bonchev–Trinajstić information content (AvgIpc) is 2.64. The number of phenolic OH excluding ortho intramolecular Hbond substituents is 1. The van der Waals surface area contributed by atoms with Gasteiger partial charge < -0.3 is 10.4 Å². The van der Waals surface area contributed by atoms with Crippen LogP contribution in [-0.4, -0.2) is 30.5 Å². The van der Waals surface area contributed by atoms with E-state index in [4.69, 9.17) is 4.99 Å². The number of aromatic hydroxyl groups is 1. The van der Waals surface area contributed by atoms with Crippen LogP contribution in [0.2, 0.25) is 0 Å². The summed E-state index contributed by atoms with van der Waals surface area (Å²) in [5.41, 5.74) is 3.66. The second-order valence-corrected chi connectivity index (χ2v) is 10.1. The van der Waals surface area contributed by atoms with Gasteiger partial charge in [0.2, 0.25) is 0 Å². The Balaban J connectivity index is 1.41. The van der Waals surface area contributed by atoms with Gasteiger partial charge in [0.15, 0.2) is 0 Å². The van der Waals surface area contributed by atoms with E-state index in [9.17, 15) is 5.11 Å². The molecule has 3 nitrogen and oxygen atoms in total. The van der Waals surface area contributed by atoms with Crippen LogP contribution in [0.4, 0.5) is 0 Å². The van der Waals surface area contributed by atoms with Crippen LogP contribution in [0.3, 0.4) is 0 Å². The van der Waals surface area contributed by atoms with Gasteiger partial charge in [0.05, 0.1) is 6.54 Å². The summed E-state index contributed by atoms with van der Waals surface area (Å²) in [5, 5.41) is 14.8. The molecule has 4 aliphatic carbocycles. The van der Waals surface area contributed by atoms with Crippen LogP contribution >= 0.6 is 0 Å². The van der Waals surface area contributed by atoms with E-state index >= 15 is 0 Å². The largest absolute Gasteiger partial charge is 0.507 e. The predicted molar refractivity (Wildman–Crippen MR) is 111 cm³/mol. The fraction of sp³-hybridized carbons (Fsp3) is 0.708. The number of aryl methyl sites for hydroxylation is 1. The first-order chi connectivity index (χ1) is 13.1. The minimum Gasteiger partial charge on any atom is -0.507 e. The first-order valence-corrected chi connectivity index (χ1v) is 11.2. The van der Waals surface area contributed by atoms with Gasteiger partial charge in [0.1, 0.15) is 5.75 Å². The number of piperidine rings is 1. The Hall–Kier alpha value is -1.35. The molecule has 1 heterocycles. The minimum atomic E-state index is 0.234. The number of nitrogens with one attached hydrogen (secondary N) is 1. The fourth-order valence-corrected chi connectivity index (χ4v) is 7.11. The molecular weight excluding hydrogens is 332 g/mol. The van der Waals surface area contributed by atoms with E-state index in [1.165, 1.54) is 68.9 Å². The van der Waals surface area contributed by atoms with Gasteiger partial charge in [-0.15, -0.1) is 0 Å². The van der Waals surface area contributed by atoms with Crippen molar-refractivity contribution in [1.29, 1.82) is 0 Å². The maximum atomic E-state index is 11.2. The number of hydrogen-bond acceptors (Lipinski definition) is 3. The van der Waals surface area contributed by atoms with Crippen molar-refractivity contribution in [2.75, 3.05) is 13.1 Å². The molecule has 0 spiro atoms. The van der Waals surface area contributed by atoms with Crippen molar-refractivity contribution in [2.24, 2.45) is 22.7 Å². The molecule has 1 aromatic rings. The third-order valence-electron chi connectivity index (χ3n) is 7.86. The number of rotatable bonds is 4. The monoisotopic (exact) mass is 366 g/mol. The van der Waals surface area contributed by atoms with E-state index < -0.39 is 0 Å². The van der Waals surface area contributed by atoms with Gasteiger partial charge >= 0.3 is 0 Å². The van der Waals surface area contributed by atoms with Crippen molar-refractivity contribution in [3.05, 3.63) is 28.8 Å². The third-order valence-corrected chi connectivity index (χ3v) is 7.86. The van der Waals surface area contributed by atoms with E-state index in [2.05, 4.69) is 24.4 Å². The summed E-state index contributed by atoms with van der Waals surface area (Å²) in [7, 11) is 0. The fourth-order valence-electron chi connectivity index (χ4n) is 7.11. The van der Waals surface area contributed by atoms with Crippen molar-refractivity contribution in [3.8, 4) is 5.75 Å². The molecule has 0 amide bonds. The summed E-state index contributed by atoms with van der Waals surface area (Å²) < 4.78 is 0. The van der Waals surface area contributed by atoms with E-state index in [1.807, 2.05) is 6.21 Å². The molecule has 0 radical (unpaired) electrons. The molecule has 0 aromatic heterocycles. The number of benzene rings is 1. The highest BCUT2D eigenvalue weighted by molar-refractivity contribution is 5.85.